The van der Waals surface area contributed by atoms with Crippen LogP contribution >= 0.6 is 0 Å². The fourth-order valence-corrected chi connectivity index (χ4v) is 2.33. The molecule has 0 saturated heterocycles. The van der Waals surface area contributed by atoms with Crippen molar-refractivity contribution in [3.05, 3.63) is 72.1 Å². The van der Waals surface area contributed by atoms with Gasteiger partial charge in [-0.3, -0.25) is 0 Å². The van der Waals surface area contributed by atoms with E-state index in [0.717, 1.165) is 12.0 Å². The molecule has 0 unspecified atom stereocenters. The third-order valence-corrected chi connectivity index (χ3v) is 3.85. The second kappa shape index (κ2) is 5.36. The summed E-state index contributed by atoms with van der Waals surface area (Å²) >= 11 is 0. The molecule has 0 bridgehead atoms. The zero-order chi connectivity index (χ0) is 13.0. The van der Waals surface area contributed by atoms with Crippen molar-refractivity contribution < 1.29 is 8.42 Å². The van der Waals surface area contributed by atoms with Gasteiger partial charge < -0.3 is 0 Å². The van der Waals surface area contributed by atoms with E-state index in [2.05, 4.69) is 18.6 Å². The van der Waals surface area contributed by atoms with Gasteiger partial charge in [0.05, 0.1) is 4.90 Å². The molecule has 0 heterocycles. The molecular formula is C15H15O2S. The van der Waals surface area contributed by atoms with Crippen LogP contribution in [0.1, 0.15) is 11.1 Å². The minimum atomic E-state index is -3.10. The summed E-state index contributed by atoms with van der Waals surface area (Å²) in [6.45, 7) is 0. The van der Waals surface area contributed by atoms with Crippen LogP contribution in [0.5, 0.6) is 0 Å². The molecule has 2 aromatic rings. The predicted molar refractivity (Wildman–Crippen MR) is 73.1 cm³/mol. The van der Waals surface area contributed by atoms with Crippen LogP contribution in [-0.2, 0) is 16.3 Å². The molecule has 1 radical (unpaired) electrons. The Hall–Kier alpha value is -1.61. The average molecular weight is 259 g/mol. The van der Waals surface area contributed by atoms with Gasteiger partial charge in [0.25, 0.3) is 0 Å². The monoisotopic (exact) mass is 259 g/mol. The molecule has 0 N–H and O–H groups in total. The Bertz CT molecular complexity index is 599. The highest BCUT2D eigenvalue weighted by atomic mass is 32.2. The molecular weight excluding hydrogens is 244 g/mol. The second-order valence-electron chi connectivity index (χ2n) is 4.24. The predicted octanol–water partition coefficient (Wildman–Crippen LogP) is 2.89. The fourth-order valence-electron chi connectivity index (χ4n) is 1.70. The Labute approximate surface area is 108 Å². The van der Waals surface area contributed by atoms with Crippen LogP contribution in [0.15, 0.2) is 59.5 Å². The highest BCUT2D eigenvalue weighted by Crippen LogP contribution is 2.13. The van der Waals surface area contributed by atoms with Crippen molar-refractivity contribution in [3.8, 4) is 0 Å². The molecule has 0 fully saturated rings. The van der Waals surface area contributed by atoms with Gasteiger partial charge in [-0.1, -0.05) is 42.5 Å². The summed E-state index contributed by atoms with van der Waals surface area (Å²) in [5, 5.41) is 0. The summed E-state index contributed by atoms with van der Waals surface area (Å²) in [5.74, 6) is 0. The van der Waals surface area contributed by atoms with Gasteiger partial charge in [-0.15, -0.1) is 0 Å². The number of rotatable bonds is 4. The molecule has 2 rings (SSSR count). The molecule has 18 heavy (non-hydrogen) atoms. The molecule has 93 valence electrons. The zero-order valence-electron chi connectivity index (χ0n) is 10.2. The van der Waals surface area contributed by atoms with Crippen LogP contribution in [0.2, 0.25) is 0 Å². The molecule has 0 aliphatic heterocycles. The normalized spacial score (nSPS) is 11.4. The van der Waals surface area contributed by atoms with E-state index in [-0.39, 0.29) is 0 Å². The van der Waals surface area contributed by atoms with Crippen LogP contribution in [0.3, 0.4) is 0 Å². The van der Waals surface area contributed by atoms with Gasteiger partial charge in [0.1, 0.15) is 0 Å². The van der Waals surface area contributed by atoms with Gasteiger partial charge >= 0.3 is 0 Å². The molecule has 0 spiro atoms. The number of benzene rings is 2. The first-order chi connectivity index (χ1) is 8.55. The Kier molecular flexibility index (Phi) is 3.82. The molecule has 0 aliphatic carbocycles. The van der Waals surface area contributed by atoms with E-state index in [0.29, 0.717) is 4.90 Å². The molecule has 0 saturated carbocycles. The van der Waals surface area contributed by atoms with Gasteiger partial charge in [-0.05, 0) is 36.1 Å². The van der Waals surface area contributed by atoms with E-state index >= 15 is 0 Å². The lowest BCUT2D eigenvalue weighted by atomic mass is 10.0. The maximum atomic E-state index is 11.3. The summed E-state index contributed by atoms with van der Waals surface area (Å²) in [7, 11) is -3.10. The molecule has 0 amide bonds. The highest BCUT2D eigenvalue weighted by Gasteiger charge is 2.05. The van der Waals surface area contributed by atoms with Crippen LogP contribution in [0.4, 0.5) is 0 Å². The summed E-state index contributed by atoms with van der Waals surface area (Å²) < 4.78 is 22.6. The average Bonchev–Trinajstić information content (AvgIpc) is 2.37. The van der Waals surface area contributed by atoms with E-state index in [1.807, 2.05) is 30.3 Å². The van der Waals surface area contributed by atoms with E-state index in [1.54, 1.807) is 12.1 Å². The lowest BCUT2D eigenvalue weighted by Crippen LogP contribution is -1.97. The van der Waals surface area contributed by atoms with E-state index < -0.39 is 9.84 Å². The summed E-state index contributed by atoms with van der Waals surface area (Å²) in [6.07, 6.45) is 4.15. The van der Waals surface area contributed by atoms with Crippen molar-refractivity contribution in [3.63, 3.8) is 0 Å². The Morgan fingerprint density at radius 2 is 1.56 bits per heavy atom. The Morgan fingerprint density at radius 1 is 0.944 bits per heavy atom. The SMILES string of the molecule is CS(=O)(=O)c1ccc([CH]Cc2ccccc2)cc1. The standard InChI is InChI=1S/C15H15O2S/c1-18(16,17)15-11-9-14(10-12-15)8-7-13-5-3-2-4-6-13/h2-6,8-12H,7H2,1H3. The van der Waals surface area contributed by atoms with Gasteiger partial charge in [0.15, 0.2) is 9.84 Å². The molecule has 2 aromatic carbocycles. The Morgan fingerprint density at radius 3 is 2.11 bits per heavy atom. The second-order valence-corrected chi connectivity index (χ2v) is 6.25. The Balaban J connectivity index is 2.03. The van der Waals surface area contributed by atoms with E-state index in [9.17, 15) is 8.42 Å². The van der Waals surface area contributed by atoms with Gasteiger partial charge in [0.2, 0.25) is 0 Å². The van der Waals surface area contributed by atoms with Crippen LogP contribution in [0.25, 0.3) is 0 Å². The van der Waals surface area contributed by atoms with E-state index in [4.69, 9.17) is 0 Å². The first-order valence-electron chi connectivity index (χ1n) is 5.73. The first kappa shape index (κ1) is 12.8. The molecule has 0 aliphatic rings. The first-order valence-corrected chi connectivity index (χ1v) is 7.62. The van der Waals surface area contributed by atoms with Crippen molar-refractivity contribution in [2.45, 2.75) is 11.3 Å². The summed E-state index contributed by atoms with van der Waals surface area (Å²) in [6, 6.07) is 17.1. The minimum Gasteiger partial charge on any atom is -0.224 e. The van der Waals surface area contributed by atoms with Gasteiger partial charge in [0, 0.05) is 6.26 Å². The lowest BCUT2D eigenvalue weighted by Gasteiger charge is -2.03. The quantitative estimate of drug-likeness (QED) is 0.846. The maximum absolute atomic E-state index is 11.3. The molecule has 3 heteroatoms. The lowest BCUT2D eigenvalue weighted by molar-refractivity contribution is 0.602. The maximum Gasteiger partial charge on any atom is 0.175 e. The minimum absolute atomic E-state index is 0.361. The van der Waals surface area contributed by atoms with Crippen LogP contribution in [-0.4, -0.2) is 14.7 Å². The third-order valence-electron chi connectivity index (χ3n) is 2.72. The topological polar surface area (TPSA) is 34.1 Å². The van der Waals surface area contributed by atoms with Crippen molar-refractivity contribution in [1.82, 2.24) is 0 Å². The largest absolute Gasteiger partial charge is 0.224 e. The van der Waals surface area contributed by atoms with E-state index in [1.165, 1.54) is 11.8 Å². The van der Waals surface area contributed by atoms with Crippen molar-refractivity contribution in [2.75, 3.05) is 6.26 Å². The summed E-state index contributed by atoms with van der Waals surface area (Å²) in [4.78, 5) is 0.361. The molecule has 0 aromatic heterocycles. The smallest absolute Gasteiger partial charge is 0.175 e. The summed E-state index contributed by atoms with van der Waals surface area (Å²) in [5.41, 5.74) is 2.27. The zero-order valence-corrected chi connectivity index (χ0v) is 11.0. The fraction of sp³-hybridized carbons (Fsp3) is 0.133. The number of hydrogen-bond donors (Lipinski definition) is 0. The van der Waals surface area contributed by atoms with Crippen molar-refractivity contribution >= 4 is 9.84 Å². The van der Waals surface area contributed by atoms with Crippen LogP contribution < -0.4 is 0 Å². The molecule has 2 nitrogen and oxygen atoms in total. The van der Waals surface area contributed by atoms with Crippen molar-refractivity contribution in [1.29, 1.82) is 0 Å². The van der Waals surface area contributed by atoms with Crippen LogP contribution in [0, 0.1) is 6.42 Å². The number of sulfone groups is 1. The number of hydrogen-bond acceptors (Lipinski definition) is 2. The van der Waals surface area contributed by atoms with Crippen molar-refractivity contribution in [2.24, 2.45) is 0 Å². The molecule has 0 atom stereocenters. The highest BCUT2D eigenvalue weighted by molar-refractivity contribution is 7.90. The van der Waals surface area contributed by atoms with Gasteiger partial charge in [-0.2, -0.15) is 0 Å². The third kappa shape index (κ3) is 3.44. The van der Waals surface area contributed by atoms with Gasteiger partial charge in [-0.25, -0.2) is 8.42 Å².